The Hall–Kier alpha value is -2.57. The number of benzene rings is 2. The quantitative estimate of drug-likeness (QED) is 0.437. The third-order valence-corrected chi connectivity index (χ3v) is 6.20. The van der Waals surface area contributed by atoms with E-state index in [4.69, 9.17) is 4.42 Å². The Morgan fingerprint density at radius 1 is 1.07 bits per heavy atom. The largest absolute Gasteiger partial charge is 0.457 e. The number of carbonyl (C=O) groups is 2. The van der Waals surface area contributed by atoms with Crippen molar-refractivity contribution in [2.45, 2.75) is 13.5 Å². The van der Waals surface area contributed by atoms with Crippen LogP contribution in [0.5, 0.6) is 0 Å². The minimum atomic E-state index is -0.295. The Kier molecular flexibility index (Phi) is 5.24. The first-order valence-corrected chi connectivity index (χ1v) is 10.3. The molecule has 4 rings (SSSR count). The van der Waals surface area contributed by atoms with Crippen LogP contribution >= 0.6 is 27.7 Å². The van der Waals surface area contributed by atoms with Crippen LogP contribution in [-0.4, -0.2) is 16.0 Å². The van der Waals surface area contributed by atoms with Gasteiger partial charge in [-0.15, -0.1) is 0 Å². The summed E-state index contributed by atoms with van der Waals surface area (Å²) in [5.74, 6) is 0.961. The molecule has 2 aromatic carbocycles. The second-order valence-corrected chi connectivity index (χ2v) is 8.27. The second kappa shape index (κ2) is 7.81. The zero-order valence-corrected chi connectivity index (χ0v) is 17.4. The van der Waals surface area contributed by atoms with Gasteiger partial charge in [0.1, 0.15) is 11.5 Å². The van der Waals surface area contributed by atoms with Crippen molar-refractivity contribution in [3.8, 4) is 11.3 Å². The standard InChI is InChI=1S/C22H16BrNO3S/c1-14-11-16(7-9-18(14)23)19-10-8-17(27-19)12-20-21(25)24(22(26)28-20)13-15-5-3-2-4-6-15/h2-12H,13H2,1H3/b20-12-. The van der Waals surface area contributed by atoms with E-state index in [0.29, 0.717) is 16.4 Å². The molecular formula is C22H16BrNO3S. The van der Waals surface area contributed by atoms with Gasteiger partial charge in [-0.25, -0.2) is 0 Å². The van der Waals surface area contributed by atoms with Crippen molar-refractivity contribution in [2.75, 3.05) is 0 Å². The molecule has 1 saturated heterocycles. The molecule has 0 aliphatic carbocycles. The summed E-state index contributed by atoms with van der Waals surface area (Å²) >= 11 is 4.43. The molecule has 1 aromatic heterocycles. The summed E-state index contributed by atoms with van der Waals surface area (Å²) in [5.41, 5.74) is 2.98. The molecule has 4 nitrogen and oxygen atoms in total. The van der Waals surface area contributed by atoms with Gasteiger partial charge in [0.25, 0.3) is 11.1 Å². The maximum atomic E-state index is 12.7. The third-order valence-electron chi connectivity index (χ3n) is 4.40. The van der Waals surface area contributed by atoms with Gasteiger partial charge in [-0.1, -0.05) is 52.3 Å². The molecule has 28 heavy (non-hydrogen) atoms. The van der Waals surface area contributed by atoms with Gasteiger partial charge in [-0.3, -0.25) is 14.5 Å². The number of rotatable bonds is 4. The van der Waals surface area contributed by atoms with Gasteiger partial charge in [0.15, 0.2) is 0 Å². The van der Waals surface area contributed by atoms with Crippen molar-refractivity contribution in [1.82, 2.24) is 4.90 Å². The van der Waals surface area contributed by atoms with Gasteiger partial charge >= 0.3 is 0 Å². The van der Waals surface area contributed by atoms with E-state index in [1.54, 1.807) is 12.1 Å². The average Bonchev–Trinajstić information content (AvgIpc) is 3.25. The fourth-order valence-electron chi connectivity index (χ4n) is 2.92. The summed E-state index contributed by atoms with van der Waals surface area (Å²) in [4.78, 5) is 26.6. The molecule has 0 atom stereocenters. The van der Waals surface area contributed by atoms with Crippen molar-refractivity contribution in [3.05, 3.63) is 86.9 Å². The van der Waals surface area contributed by atoms with Crippen molar-refractivity contribution in [2.24, 2.45) is 0 Å². The summed E-state index contributed by atoms with van der Waals surface area (Å²) in [5, 5.41) is -0.268. The molecule has 0 bridgehead atoms. The van der Waals surface area contributed by atoms with Crippen molar-refractivity contribution < 1.29 is 14.0 Å². The third kappa shape index (κ3) is 3.84. The molecule has 1 aliphatic heterocycles. The van der Waals surface area contributed by atoms with Crippen molar-refractivity contribution in [1.29, 1.82) is 0 Å². The van der Waals surface area contributed by atoms with Gasteiger partial charge in [-0.05, 0) is 54.1 Å². The first kappa shape index (κ1) is 18.8. The zero-order chi connectivity index (χ0) is 19.7. The first-order valence-electron chi connectivity index (χ1n) is 8.67. The van der Waals surface area contributed by atoms with Crippen LogP contribution in [0.1, 0.15) is 16.9 Å². The number of amides is 2. The van der Waals surface area contributed by atoms with Gasteiger partial charge in [0, 0.05) is 16.1 Å². The van der Waals surface area contributed by atoms with Crippen LogP contribution in [0.2, 0.25) is 0 Å². The highest BCUT2D eigenvalue weighted by atomic mass is 79.9. The van der Waals surface area contributed by atoms with Gasteiger partial charge in [0.05, 0.1) is 11.4 Å². The smallest absolute Gasteiger partial charge is 0.293 e. The van der Waals surface area contributed by atoms with Crippen molar-refractivity contribution in [3.63, 3.8) is 0 Å². The topological polar surface area (TPSA) is 50.5 Å². The lowest BCUT2D eigenvalue weighted by molar-refractivity contribution is -0.123. The molecule has 0 unspecified atom stereocenters. The minimum Gasteiger partial charge on any atom is -0.457 e. The van der Waals surface area contributed by atoms with Crippen LogP contribution in [0.4, 0.5) is 4.79 Å². The summed E-state index contributed by atoms with van der Waals surface area (Å²) in [6, 6.07) is 19.1. The molecule has 0 N–H and O–H groups in total. The number of halogens is 1. The van der Waals surface area contributed by atoms with Gasteiger partial charge < -0.3 is 4.42 Å². The van der Waals surface area contributed by atoms with Crippen LogP contribution in [0, 0.1) is 6.92 Å². The van der Waals surface area contributed by atoms with Gasteiger partial charge in [0.2, 0.25) is 0 Å². The normalized spacial score (nSPS) is 15.6. The highest BCUT2D eigenvalue weighted by Crippen LogP contribution is 2.34. The summed E-state index contributed by atoms with van der Waals surface area (Å²) in [7, 11) is 0. The minimum absolute atomic E-state index is 0.268. The zero-order valence-electron chi connectivity index (χ0n) is 15.0. The van der Waals surface area contributed by atoms with E-state index in [0.717, 1.165) is 32.9 Å². The number of furan rings is 1. The summed E-state index contributed by atoms with van der Waals surface area (Å²) in [6.07, 6.45) is 1.63. The predicted octanol–water partition coefficient (Wildman–Crippen LogP) is 6.25. The lowest BCUT2D eigenvalue weighted by atomic mass is 10.1. The molecule has 0 saturated carbocycles. The van der Waals surface area contributed by atoms with Crippen LogP contribution in [0.3, 0.4) is 0 Å². The number of hydrogen-bond donors (Lipinski definition) is 0. The van der Waals surface area contributed by atoms with Crippen LogP contribution < -0.4 is 0 Å². The van der Waals surface area contributed by atoms with Crippen LogP contribution in [0.25, 0.3) is 17.4 Å². The molecule has 0 spiro atoms. The average molecular weight is 454 g/mol. The fraction of sp³-hybridized carbons (Fsp3) is 0.0909. The Morgan fingerprint density at radius 2 is 1.86 bits per heavy atom. The molecule has 140 valence electrons. The Labute approximate surface area is 175 Å². The van der Waals surface area contributed by atoms with Gasteiger partial charge in [-0.2, -0.15) is 0 Å². The summed E-state index contributed by atoms with van der Waals surface area (Å²) < 4.78 is 6.91. The molecule has 6 heteroatoms. The lowest BCUT2D eigenvalue weighted by Gasteiger charge is -2.11. The first-order chi connectivity index (χ1) is 13.5. The Bertz CT molecular complexity index is 1090. The number of imide groups is 1. The monoisotopic (exact) mass is 453 g/mol. The number of hydrogen-bond acceptors (Lipinski definition) is 4. The van der Waals surface area contributed by atoms with E-state index >= 15 is 0 Å². The van der Waals surface area contributed by atoms with E-state index in [2.05, 4.69) is 15.9 Å². The number of thioether (sulfide) groups is 1. The van der Waals surface area contributed by atoms with E-state index < -0.39 is 0 Å². The number of carbonyl (C=O) groups excluding carboxylic acids is 2. The van der Waals surface area contributed by atoms with Crippen LogP contribution in [0.15, 0.2) is 74.5 Å². The lowest BCUT2D eigenvalue weighted by Crippen LogP contribution is -2.27. The maximum absolute atomic E-state index is 12.7. The van der Waals surface area contributed by atoms with E-state index in [1.165, 1.54) is 4.90 Å². The predicted molar refractivity (Wildman–Crippen MR) is 115 cm³/mol. The number of nitrogens with zero attached hydrogens (tertiary/aromatic N) is 1. The molecule has 3 aromatic rings. The molecular weight excluding hydrogens is 438 g/mol. The number of aryl methyl sites for hydroxylation is 1. The van der Waals surface area contributed by atoms with E-state index in [-0.39, 0.29) is 17.7 Å². The molecule has 2 heterocycles. The molecule has 0 radical (unpaired) electrons. The van der Waals surface area contributed by atoms with E-state index in [1.807, 2.05) is 61.5 Å². The highest BCUT2D eigenvalue weighted by molar-refractivity contribution is 9.10. The van der Waals surface area contributed by atoms with Crippen LogP contribution in [-0.2, 0) is 11.3 Å². The highest BCUT2D eigenvalue weighted by Gasteiger charge is 2.35. The summed E-state index contributed by atoms with van der Waals surface area (Å²) in [6.45, 7) is 2.28. The molecule has 1 fully saturated rings. The molecule has 2 amide bonds. The Balaban J connectivity index is 1.55. The Morgan fingerprint density at radius 3 is 2.61 bits per heavy atom. The second-order valence-electron chi connectivity index (χ2n) is 6.42. The SMILES string of the molecule is Cc1cc(-c2ccc(/C=C3\SC(=O)N(Cc4ccccc4)C3=O)o2)ccc1Br. The fourth-order valence-corrected chi connectivity index (χ4v) is 3.98. The maximum Gasteiger partial charge on any atom is 0.293 e. The van der Waals surface area contributed by atoms with Crippen molar-refractivity contribution >= 4 is 44.9 Å². The van der Waals surface area contributed by atoms with E-state index in [9.17, 15) is 9.59 Å². The molecule has 1 aliphatic rings.